The van der Waals surface area contributed by atoms with Crippen LogP contribution in [-0.4, -0.2) is 24.1 Å². The zero-order valence-corrected chi connectivity index (χ0v) is 15.4. The molecule has 0 aliphatic heterocycles. The number of ether oxygens (including phenoxy) is 2. The molecule has 0 aromatic carbocycles. The summed E-state index contributed by atoms with van der Waals surface area (Å²) in [5, 5.41) is 0. The van der Waals surface area contributed by atoms with Crippen LogP contribution in [0.25, 0.3) is 0 Å². The van der Waals surface area contributed by atoms with Crippen molar-refractivity contribution in [2.45, 2.75) is 37.9 Å². The van der Waals surface area contributed by atoms with E-state index in [-0.39, 0.29) is 24.0 Å². The molecule has 4 bridgehead atoms. The Bertz CT molecular complexity index is 812. The number of esters is 2. The standard InChI is InChI=1S/C22H22O6/c23-21(13-3-5-25-9-13)27-19-15-8-16(18-12-2-1-11(7-12)17(15)18)20(19)28-22(24)14-4-6-26-10-14/h3-6,9-12,15-20H,1-2,7-8H2. The molecule has 6 heteroatoms. The van der Waals surface area contributed by atoms with Crippen molar-refractivity contribution in [2.24, 2.45) is 35.5 Å². The van der Waals surface area contributed by atoms with Gasteiger partial charge in [0.05, 0.1) is 23.7 Å². The number of carbonyl (C=O) groups excluding carboxylic acids is 2. The number of carbonyl (C=O) groups is 2. The van der Waals surface area contributed by atoms with E-state index in [0.29, 0.717) is 23.0 Å². The van der Waals surface area contributed by atoms with Crippen molar-refractivity contribution in [3.63, 3.8) is 0 Å². The van der Waals surface area contributed by atoms with E-state index in [1.54, 1.807) is 12.1 Å². The molecule has 28 heavy (non-hydrogen) atoms. The van der Waals surface area contributed by atoms with Gasteiger partial charge in [-0.2, -0.15) is 0 Å². The maximum Gasteiger partial charge on any atom is 0.341 e. The maximum atomic E-state index is 12.6. The first-order chi connectivity index (χ1) is 13.7. The van der Waals surface area contributed by atoms with Crippen LogP contribution in [0.2, 0.25) is 0 Å². The Morgan fingerprint density at radius 1 is 0.786 bits per heavy atom. The molecule has 2 aromatic heterocycles. The van der Waals surface area contributed by atoms with Gasteiger partial charge < -0.3 is 18.3 Å². The number of rotatable bonds is 4. The lowest BCUT2D eigenvalue weighted by molar-refractivity contribution is -0.0891. The van der Waals surface area contributed by atoms with Crippen LogP contribution in [0.3, 0.4) is 0 Å². The Kier molecular flexibility index (Phi) is 3.52. The van der Waals surface area contributed by atoms with Crippen LogP contribution < -0.4 is 0 Å². The molecule has 6 rings (SSSR count). The molecular formula is C22H22O6. The van der Waals surface area contributed by atoms with E-state index in [2.05, 4.69) is 0 Å². The first-order valence-corrected chi connectivity index (χ1v) is 10.2. The van der Waals surface area contributed by atoms with Gasteiger partial charge in [-0.25, -0.2) is 9.59 Å². The van der Waals surface area contributed by atoms with Crippen LogP contribution in [0.1, 0.15) is 46.4 Å². The zero-order valence-electron chi connectivity index (χ0n) is 15.4. The highest BCUT2D eigenvalue weighted by molar-refractivity contribution is 5.90. The molecule has 6 nitrogen and oxygen atoms in total. The third kappa shape index (κ3) is 2.26. The van der Waals surface area contributed by atoms with E-state index in [4.69, 9.17) is 18.3 Å². The van der Waals surface area contributed by atoms with Crippen molar-refractivity contribution in [1.29, 1.82) is 0 Å². The van der Waals surface area contributed by atoms with Gasteiger partial charge in [-0.15, -0.1) is 0 Å². The summed E-state index contributed by atoms with van der Waals surface area (Å²) in [4.78, 5) is 25.2. The minimum atomic E-state index is -0.407. The van der Waals surface area contributed by atoms with Crippen LogP contribution in [0.15, 0.2) is 46.0 Å². The van der Waals surface area contributed by atoms with E-state index in [9.17, 15) is 9.59 Å². The van der Waals surface area contributed by atoms with Gasteiger partial charge in [-0.3, -0.25) is 0 Å². The monoisotopic (exact) mass is 382 g/mol. The number of hydrogen-bond acceptors (Lipinski definition) is 6. The van der Waals surface area contributed by atoms with Crippen molar-refractivity contribution in [3.05, 3.63) is 48.3 Å². The maximum absolute atomic E-state index is 12.6. The molecule has 0 amide bonds. The first kappa shape index (κ1) is 16.5. The summed E-state index contributed by atoms with van der Waals surface area (Å²) in [6.07, 6.45) is 9.77. The summed E-state index contributed by atoms with van der Waals surface area (Å²) in [5.41, 5.74) is 0.791. The van der Waals surface area contributed by atoms with Crippen molar-refractivity contribution in [1.82, 2.24) is 0 Å². The molecule has 8 unspecified atom stereocenters. The third-order valence-electron chi connectivity index (χ3n) is 7.75. The van der Waals surface area contributed by atoms with Gasteiger partial charge in [0.2, 0.25) is 0 Å². The summed E-state index contributed by atoms with van der Waals surface area (Å²) >= 11 is 0. The molecule has 0 radical (unpaired) electrons. The average Bonchev–Trinajstić information content (AvgIpc) is 3.53. The molecule has 4 saturated carbocycles. The summed E-state index contributed by atoms with van der Waals surface area (Å²) < 4.78 is 21.9. The van der Waals surface area contributed by atoms with Gasteiger partial charge in [-0.05, 0) is 61.5 Å². The molecule has 0 N–H and O–H groups in total. The fourth-order valence-corrected chi connectivity index (χ4v) is 6.93. The fourth-order valence-electron chi connectivity index (χ4n) is 6.93. The van der Waals surface area contributed by atoms with Crippen molar-refractivity contribution >= 4 is 11.9 Å². The number of hydrogen-bond donors (Lipinski definition) is 0. The van der Waals surface area contributed by atoms with E-state index < -0.39 is 11.9 Å². The van der Waals surface area contributed by atoms with Crippen molar-refractivity contribution < 1.29 is 27.9 Å². The van der Waals surface area contributed by atoms with Gasteiger partial charge >= 0.3 is 11.9 Å². The van der Waals surface area contributed by atoms with Crippen molar-refractivity contribution in [2.75, 3.05) is 0 Å². The second-order valence-corrected chi connectivity index (χ2v) is 8.82. The van der Waals surface area contributed by atoms with Gasteiger partial charge in [-0.1, -0.05) is 0 Å². The molecule has 4 fully saturated rings. The smallest absolute Gasteiger partial charge is 0.341 e. The Morgan fingerprint density at radius 2 is 1.29 bits per heavy atom. The lowest BCUT2D eigenvalue weighted by atomic mass is 9.69. The SMILES string of the molecule is O=C(OC1C2CC(C1OC(=O)c1ccoc1)C1C3CCC(C3)C21)c1ccoc1. The minimum Gasteiger partial charge on any atom is -0.472 e. The van der Waals surface area contributed by atoms with Gasteiger partial charge in [0.25, 0.3) is 0 Å². The van der Waals surface area contributed by atoms with E-state index in [1.165, 1.54) is 44.3 Å². The number of fused-ring (bicyclic) bond motifs is 9. The topological polar surface area (TPSA) is 78.9 Å². The highest BCUT2D eigenvalue weighted by Gasteiger charge is 2.68. The molecule has 2 heterocycles. The predicted molar refractivity (Wildman–Crippen MR) is 95.2 cm³/mol. The molecule has 146 valence electrons. The molecule has 4 aliphatic rings. The summed E-state index contributed by atoms with van der Waals surface area (Å²) in [7, 11) is 0. The van der Waals surface area contributed by atoms with Crippen LogP contribution in [-0.2, 0) is 9.47 Å². The second-order valence-electron chi connectivity index (χ2n) is 8.82. The first-order valence-electron chi connectivity index (χ1n) is 10.2. The van der Waals surface area contributed by atoms with Crippen LogP contribution in [0, 0.1) is 35.5 Å². The Morgan fingerprint density at radius 3 is 1.71 bits per heavy atom. The average molecular weight is 382 g/mol. The van der Waals surface area contributed by atoms with Gasteiger partial charge in [0.1, 0.15) is 24.7 Å². The Hall–Kier alpha value is -2.50. The lowest BCUT2D eigenvalue weighted by Gasteiger charge is -2.42. The van der Waals surface area contributed by atoms with E-state index in [1.807, 2.05) is 0 Å². The van der Waals surface area contributed by atoms with Crippen LogP contribution >= 0.6 is 0 Å². The highest BCUT2D eigenvalue weighted by atomic mass is 16.6. The molecule has 4 aliphatic carbocycles. The lowest BCUT2D eigenvalue weighted by Crippen LogP contribution is -2.48. The van der Waals surface area contributed by atoms with Crippen molar-refractivity contribution in [3.8, 4) is 0 Å². The van der Waals surface area contributed by atoms with Gasteiger partial charge in [0.15, 0.2) is 0 Å². The molecule has 8 atom stereocenters. The van der Waals surface area contributed by atoms with E-state index >= 15 is 0 Å². The summed E-state index contributed by atoms with van der Waals surface area (Å²) in [6, 6.07) is 3.20. The normalized spacial score (nSPS) is 39.9. The Labute approximate surface area is 162 Å². The van der Waals surface area contributed by atoms with Crippen LogP contribution in [0.4, 0.5) is 0 Å². The third-order valence-corrected chi connectivity index (χ3v) is 7.75. The summed E-state index contributed by atoms with van der Waals surface area (Å²) in [5.74, 6) is 2.44. The molecule has 2 aromatic rings. The molecule has 0 saturated heterocycles. The summed E-state index contributed by atoms with van der Waals surface area (Å²) in [6.45, 7) is 0. The fraction of sp³-hybridized carbons (Fsp3) is 0.545. The molecule has 0 spiro atoms. The predicted octanol–water partition coefficient (Wildman–Crippen LogP) is 3.94. The van der Waals surface area contributed by atoms with Gasteiger partial charge in [0, 0.05) is 11.8 Å². The van der Waals surface area contributed by atoms with E-state index in [0.717, 1.165) is 18.3 Å². The largest absolute Gasteiger partial charge is 0.472 e. The minimum absolute atomic E-state index is 0.281. The highest BCUT2D eigenvalue weighted by Crippen LogP contribution is 2.68. The van der Waals surface area contributed by atoms with Crippen LogP contribution in [0.5, 0.6) is 0 Å². The zero-order chi connectivity index (χ0) is 18.8. The Balaban J connectivity index is 1.29. The quantitative estimate of drug-likeness (QED) is 0.589. The number of furan rings is 2. The molecular weight excluding hydrogens is 360 g/mol. The second kappa shape index (κ2) is 6.00.